The number of rotatable bonds is 3. The van der Waals surface area contributed by atoms with Crippen molar-refractivity contribution < 1.29 is 13.2 Å². The molecule has 0 fully saturated rings. The Morgan fingerprint density at radius 2 is 1.74 bits per heavy atom. The van der Waals surface area contributed by atoms with Crippen LogP contribution in [0.2, 0.25) is 10.0 Å². The van der Waals surface area contributed by atoms with Crippen LogP contribution in [0.4, 0.5) is 24.8 Å². The second-order valence-corrected chi connectivity index (χ2v) is 6.02. The minimum absolute atomic E-state index is 0.00288. The zero-order valence-corrected chi connectivity index (χ0v) is 14.8. The van der Waals surface area contributed by atoms with Crippen molar-refractivity contribution in [3.63, 3.8) is 0 Å². The van der Waals surface area contributed by atoms with E-state index in [9.17, 15) is 13.2 Å². The number of halogens is 5. The van der Waals surface area contributed by atoms with Crippen LogP contribution in [-0.2, 0) is 6.18 Å². The summed E-state index contributed by atoms with van der Waals surface area (Å²) in [5.41, 5.74) is -0.254. The second kappa shape index (κ2) is 7.39. The van der Waals surface area contributed by atoms with Crippen LogP contribution in [0.15, 0.2) is 47.7 Å². The molecule has 0 atom stereocenters. The van der Waals surface area contributed by atoms with E-state index in [1.165, 1.54) is 12.3 Å². The fourth-order valence-corrected chi connectivity index (χ4v) is 2.84. The number of hydrogen-bond acceptors (Lipinski definition) is 3. The summed E-state index contributed by atoms with van der Waals surface area (Å²) in [6.45, 7) is 7.11. The highest BCUT2D eigenvalue weighted by atomic mass is 35.5. The molecular formula is C17H8Cl2F3N5. The molecule has 27 heavy (non-hydrogen) atoms. The summed E-state index contributed by atoms with van der Waals surface area (Å²) in [5.74, 6) is 0.172. The van der Waals surface area contributed by atoms with Crippen molar-refractivity contribution in [3.05, 3.63) is 75.3 Å². The Morgan fingerprint density at radius 3 is 2.30 bits per heavy atom. The molecule has 0 saturated carbocycles. The fraction of sp³-hybridized carbons (Fsp3) is 0.0588. The molecule has 0 amide bonds. The van der Waals surface area contributed by atoms with E-state index in [0.29, 0.717) is 0 Å². The van der Waals surface area contributed by atoms with Crippen molar-refractivity contribution in [2.75, 3.05) is 0 Å². The van der Waals surface area contributed by atoms with Gasteiger partial charge in [0.05, 0.1) is 15.6 Å². The molecule has 0 aliphatic rings. The van der Waals surface area contributed by atoms with Gasteiger partial charge in [-0.1, -0.05) is 29.8 Å². The molecular weight excluding hydrogens is 402 g/mol. The minimum atomic E-state index is -4.60. The molecule has 1 aromatic carbocycles. The van der Waals surface area contributed by atoms with E-state index >= 15 is 0 Å². The second-order valence-electron chi connectivity index (χ2n) is 5.21. The van der Waals surface area contributed by atoms with Gasteiger partial charge in [-0.25, -0.2) is 4.99 Å². The van der Waals surface area contributed by atoms with Gasteiger partial charge >= 0.3 is 6.18 Å². The molecule has 0 radical (unpaired) electrons. The zero-order valence-electron chi connectivity index (χ0n) is 13.2. The van der Waals surface area contributed by atoms with Crippen molar-refractivity contribution >= 4 is 41.1 Å². The monoisotopic (exact) mass is 409 g/mol. The molecule has 3 aromatic rings. The average molecular weight is 410 g/mol. The van der Waals surface area contributed by atoms with Crippen LogP contribution in [0, 0.1) is 6.57 Å². The molecule has 136 valence electrons. The molecule has 0 aliphatic heterocycles. The highest BCUT2D eigenvalue weighted by Crippen LogP contribution is 2.39. The first-order valence-electron chi connectivity index (χ1n) is 7.28. The predicted octanol–water partition coefficient (Wildman–Crippen LogP) is 5.89. The van der Waals surface area contributed by atoms with Crippen LogP contribution in [0.5, 0.6) is 0 Å². The summed E-state index contributed by atoms with van der Waals surface area (Å²) in [5, 5.41) is 3.47. The maximum absolute atomic E-state index is 12.9. The van der Waals surface area contributed by atoms with Gasteiger partial charge in [0.15, 0.2) is 5.82 Å². The van der Waals surface area contributed by atoms with Gasteiger partial charge in [-0.15, -0.1) is 4.68 Å². The first-order chi connectivity index (χ1) is 12.8. The third kappa shape index (κ3) is 4.10. The third-order valence-electron chi connectivity index (χ3n) is 3.40. The Kier molecular flexibility index (Phi) is 5.17. The zero-order chi connectivity index (χ0) is 19.6. The molecule has 10 heteroatoms. The number of aromatic nitrogens is 3. The van der Waals surface area contributed by atoms with Crippen LogP contribution < -0.4 is 0 Å². The van der Waals surface area contributed by atoms with Crippen LogP contribution in [0.3, 0.4) is 0 Å². The molecule has 0 aliphatic carbocycles. The summed E-state index contributed by atoms with van der Waals surface area (Å²) in [6, 6.07) is 6.28. The Morgan fingerprint density at radius 1 is 1.11 bits per heavy atom. The molecule has 0 unspecified atom stereocenters. The van der Waals surface area contributed by atoms with Gasteiger partial charge in [0.2, 0.25) is 0 Å². The summed E-state index contributed by atoms with van der Waals surface area (Å²) in [7, 11) is 0. The van der Waals surface area contributed by atoms with Gasteiger partial charge < -0.3 is 4.85 Å². The van der Waals surface area contributed by atoms with Gasteiger partial charge in [-0.2, -0.15) is 13.2 Å². The largest absolute Gasteiger partial charge is 0.416 e. The van der Waals surface area contributed by atoms with E-state index in [2.05, 4.69) is 19.9 Å². The summed E-state index contributed by atoms with van der Waals surface area (Å²) >= 11 is 12.1. The molecule has 0 saturated heterocycles. The van der Waals surface area contributed by atoms with Gasteiger partial charge in [0, 0.05) is 24.7 Å². The smallest absolute Gasteiger partial charge is 0.359 e. The van der Waals surface area contributed by atoms with Crippen molar-refractivity contribution in [2.24, 2.45) is 4.99 Å². The number of pyridine rings is 1. The first kappa shape index (κ1) is 18.9. The number of alkyl halides is 3. The van der Waals surface area contributed by atoms with Gasteiger partial charge in [0.1, 0.15) is 5.69 Å². The molecule has 0 bridgehead atoms. The molecule has 3 rings (SSSR count). The van der Waals surface area contributed by atoms with Crippen molar-refractivity contribution in [1.29, 1.82) is 0 Å². The van der Waals surface area contributed by atoms with E-state index in [4.69, 9.17) is 29.8 Å². The Labute approximate surface area is 161 Å². The highest BCUT2D eigenvalue weighted by molar-refractivity contribution is 6.38. The van der Waals surface area contributed by atoms with Crippen molar-refractivity contribution in [1.82, 2.24) is 14.8 Å². The number of nitrogens with zero attached hydrogens (tertiary/aromatic N) is 5. The fourth-order valence-electron chi connectivity index (χ4n) is 2.19. The van der Waals surface area contributed by atoms with Crippen molar-refractivity contribution in [2.45, 2.75) is 6.18 Å². The quantitative estimate of drug-likeness (QED) is 0.399. The SMILES string of the molecule is [C-]#[N+]c1cc(N=Cc2ccncc2)n(-c2c(Cl)cc(C(F)(F)F)cc2Cl)n1. The third-order valence-corrected chi connectivity index (χ3v) is 3.98. The average Bonchev–Trinajstić information content (AvgIpc) is 3.02. The maximum atomic E-state index is 12.9. The number of benzene rings is 1. The lowest BCUT2D eigenvalue weighted by molar-refractivity contribution is -0.137. The van der Waals surface area contributed by atoms with E-state index in [0.717, 1.165) is 22.4 Å². The van der Waals surface area contributed by atoms with Crippen LogP contribution >= 0.6 is 23.2 Å². The van der Waals surface area contributed by atoms with E-state index in [1.54, 1.807) is 24.5 Å². The van der Waals surface area contributed by atoms with Gasteiger partial charge in [-0.3, -0.25) is 4.98 Å². The molecule has 0 N–H and O–H groups in total. The summed E-state index contributed by atoms with van der Waals surface area (Å²) < 4.78 is 39.9. The van der Waals surface area contributed by atoms with E-state index in [-0.39, 0.29) is 27.4 Å². The number of hydrogen-bond donors (Lipinski definition) is 0. The maximum Gasteiger partial charge on any atom is 0.416 e. The minimum Gasteiger partial charge on any atom is -0.359 e. The molecule has 2 heterocycles. The Hall–Kier alpha value is -2.89. The van der Waals surface area contributed by atoms with E-state index < -0.39 is 11.7 Å². The molecule has 2 aromatic heterocycles. The topological polar surface area (TPSA) is 47.4 Å². The van der Waals surface area contributed by atoms with E-state index in [1.807, 2.05) is 0 Å². The normalized spacial score (nSPS) is 11.7. The van der Waals surface area contributed by atoms with Crippen LogP contribution in [0.25, 0.3) is 10.5 Å². The Bertz CT molecular complexity index is 1030. The Balaban J connectivity index is 2.11. The van der Waals surface area contributed by atoms with Gasteiger partial charge in [0.25, 0.3) is 5.82 Å². The number of aliphatic imine (C=N–C) groups is 1. The predicted molar refractivity (Wildman–Crippen MR) is 96.3 cm³/mol. The molecule has 0 spiro atoms. The lowest BCUT2D eigenvalue weighted by Gasteiger charge is -2.11. The van der Waals surface area contributed by atoms with Crippen LogP contribution in [-0.4, -0.2) is 21.0 Å². The summed E-state index contributed by atoms with van der Waals surface area (Å²) in [4.78, 5) is 11.3. The van der Waals surface area contributed by atoms with Gasteiger partial charge in [-0.05, 0) is 34.9 Å². The first-order valence-corrected chi connectivity index (χ1v) is 8.03. The van der Waals surface area contributed by atoms with Crippen LogP contribution in [0.1, 0.15) is 11.1 Å². The highest BCUT2D eigenvalue weighted by Gasteiger charge is 2.33. The summed E-state index contributed by atoms with van der Waals surface area (Å²) in [6.07, 6.45) is 0.0500. The van der Waals surface area contributed by atoms with Crippen molar-refractivity contribution in [3.8, 4) is 5.69 Å². The lowest BCUT2D eigenvalue weighted by atomic mass is 10.2. The lowest BCUT2D eigenvalue weighted by Crippen LogP contribution is -2.07. The molecule has 5 nitrogen and oxygen atoms in total. The standard InChI is InChI=1S/C17H8Cl2F3N5/c1-23-14-8-15(25-9-10-2-4-24-5-3-10)27(26-14)16-12(18)6-11(7-13(16)19)17(20,21)22/h2-9H.